The summed E-state index contributed by atoms with van der Waals surface area (Å²) in [5.74, 6) is 0.341. The predicted molar refractivity (Wildman–Crippen MR) is 130 cm³/mol. The quantitative estimate of drug-likeness (QED) is 0.180. The van der Waals surface area contributed by atoms with E-state index in [0.717, 1.165) is 12.0 Å². The molecule has 0 aliphatic rings. The van der Waals surface area contributed by atoms with Crippen LogP contribution in [-0.4, -0.2) is 27.2 Å². The Bertz CT molecular complexity index is 1240. The minimum absolute atomic E-state index is 0.0949. The summed E-state index contributed by atoms with van der Waals surface area (Å²) in [5.41, 5.74) is 1.71. The first kappa shape index (κ1) is 24.5. The maximum absolute atomic E-state index is 12.6. The Labute approximate surface area is 201 Å². The molecule has 0 aliphatic carbocycles. The molecule has 0 heterocycles. The van der Waals surface area contributed by atoms with Gasteiger partial charge in [0.2, 0.25) is 0 Å². The van der Waals surface area contributed by atoms with Crippen LogP contribution in [0.3, 0.4) is 0 Å². The van der Waals surface area contributed by atoms with Crippen molar-refractivity contribution in [3.63, 3.8) is 0 Å². The first-order valence-electron chi connectivity index (χ1n) is 10.1. The molecule has 3 aromatic rings. The minimum atomic E-state index is -3.83. The van der Waals surface area contributed by atoms with Crippen molar-refractivity contribution in [1.82, 2.24) is 4.83 Å². The monoisotopic (exact) mass is 530 g/mol. The van der Waals surface area contributed by atoms with E-state index in [2.05, 4.69) is 25.9 Å². The second-order valence-electron chi connectivity index (χ2n) is 7.11. The molecule has 1 N–H and O–H groups in total. The van der Waals surface area contributed by atoms with E-state index in [9.17, 15) is 13.2 Å². The Morgan fingerprint density at radius 1 is 1.06 bits per heavy atom. The first-order chi connectivity index (χ1) is 15.8. The number of rotatable bonds is 9. The summed E-state index contributed by atoms with van der Waals surface area (Å²) in [5, 5.41) is 3.84. The fourth-order valence-corrected chi connectivity index (χ4v) is 3.88. The highest BCUT2D eigenvalue weighted by Crippen LogP contribution is 2.23. The lowest BCUT2D eigenvalue weighted by molar-refractivity contribution is 0.0734. The molecule has 0 atom stereocenters. The molecule has 0 fully saturated rings. The molecule has 0 saturated carbocycles. The van der Waals surface area contributed by atoms with Crippen molar-refractivity contribution in [2.75, 3.05) is 6.61 Å². The molecule has 33 heavy (non-hydrogen) atoms. The van der Waals surface area contributed by atoms with E-state index >= 15 is 0 Å². The summed E-state index contributed by atoms with van der Waals surface area (Å²) in [6.45, 7) is 4.48. The van der Waals surface area contributed by atoms with E-state index in [-0.39, 0.29) is 10.6 Å². The SMILES string of the molecule is CCCOc1ccc(C(=O)Oc2ccc(Br)cc2C=NNS(=O)(=O)c2ccc(C)cc2)cc1. The number of carbonyl (C=O) groups excluding carboxylic acids is 1. The van der Waals surface area contributed by atoms with Crippen molar-refractivity contribution in [2.24, 2.45) is 5.10 Å². The lowest BCUT2D eigenvalue weighted by Gasteiger charge is -2.09. The first-order valence-corrected chi connectivity index (χ1v) is 12.4. The van der Waals surface area contributed by atoms with Gasteiger partial charge < -0.3 is 9.47 Å². The number of hydrazone groups is 1. The molecular weight excluding hydrogens is 508 g/mol. The molecule has 0 spiro atoms. The van der Waals surface area contributed by atoms with Gasteiger partial charge in [0.1, 0.15) is 11.5 Å². The molecule has 0 aliphatic heterocycles. The summed E-state index contributed by atoms with van der Waals surface area (Å²) >= 11 is 3.36. The van der Waals surface area contributed by atoms with Gasteiger partial charge in [0.15, 0.2) is 0 Å². The van der Waals surface area contributed by atoms with Crippen LogP contribution < -0.4 is 14.3 Å². The molecule has 0 unspecified atom stereocenters. The normalized spacial score (nSPS) is 11.4. The van der Waals surface area contributed by atoms with E-state index < -0.39 is 16.0 Å². The van der Waals surface area contributed by atoms with Gasteiger partial charge in [0.05, 0.1) is 23.3 Å². The van der Waals surface area contributed by atoms with Gasteiger partial charge >= 0.3 is 5.97 Å². The van der Waals surface area contributed by atoms with Crippen LogP contribution in [0.15, 0.2) is 81.2 Å². The van der Waals surface area contributed by atoms with E-state index in [4.69, 9.17) is 9.47 Å². The van der Waals surface area contributed by atoms with Crippen LogP contribution in [0.5, 0.6) is 11.5 Å². The van der Waals surface area contributed by atoms with Gasteiger partial charge in [-0.3, -0.25) is 0 Å². The van der Waals surface area contributed by atoms with Crippen molar-refractivity contribution in [2.45, 2.75) is 25.2 Å². The smallest absolute Gasteiger partial charge is 0.343 e. The summed E-state index contributed by atoms with van der Waals surface area (Å²) in [7, 11) is -3.83. The highest BCUT2D eigenvalue weighted by molar-refractivity contribution is 9.10. The predicted octanol–water partition coefficient (Wildman–Crippen LogP) is 5.08. The molecule has 172 valence electrons. The number of nitrogens with zero attached hydrogens (tertiary/aromatic N) is 1. The Kier molecular flexibility index (Phi) is 8.24. The van der Waals surface area contributed by atoms with Gasteiger partial charge in [-0.1, -0.05) is 40.5 Å². The van der Waals surface area contributed by atoms with Crippen LogP contribution >= 0.6 is 15.9 Å². The van der Waals surface area contributed by atoms with E-state index in [1.807, 2.05) is 13.8 Å². The lowest BCUT2D eigenvalue weighted by Crippen LogP contribution is -2.18. The van der Waals surface area contributed by atoms with Gasteiger partial charge in [-0.2, -0.15) is 13.5 Å². The number of hydrogen-bond donors (Lipinski definition) is 1. The van der Waals surface area contributed by atoms with Crippen molar-refractivity contribution >= 4 is 38.1 Å². The molecule has 3 rings (SSSR count). The average molecular weight is 531 g/mol. The topological polar surface area (TPSA) is 94.1 Å². The van der Waals surface area contributed by atoms with Crippen LogP contribution in [0.2, 0.25) is 0 Å². The third-order valence-corrected chi connectivity index (χ3v) is 6.18. The van der Waals surface area contributed by atoms with Crippen molar-refractivity contribution in [3.05, 3.63) is 87.9 Å². The van der Waals surface area contributed by atoms with Crippen molar-refractivity contribution < 1.29 is 22.7 Å². The summed E-state index contributed by atoms with van der Waals surface area (Å²) in [6, 6.07) is 18.0. The summed E-state index contributed by atoms with van der Waals surface area (Å²) in [4.78, 5) is 14.9. The molecule has 0 radical (unpaired) electrons. The third kappa shape index (κ3) is 6.90. The van der Waals surface area contributed by atoms with E-state index in [1.165, 1.54) is 18.3 Å². The summed E-state index contributed by atoms with van der Waals surface area (Å²) in [6.07, 6.45) is 2.17. The minimum Gasteiger partial charge on any atom is -0.494 e. The fourth-order valence-electron chi connectivity index (χ4n) is 2.71. The van der Waals surface area contributed by atoms with E-state index in [0.29, 0.717) is 28.0 Å². The van der Waals surface area contributed by atoms with Gasteiger partial charge in [-0.15, -0.1) is 0 Å². The Balaban J connectivity index is 1.73. The average Bonchev–Trinajstić information content (AvgIpc) is 2.80. The van der Waals surface area contributed by atoms with Crippen LogP contribution in [0.1, 0.15) is 34.8 Å². The summed E-state index contributed by atoms with van der Waals surface area (Å²) < 4.78 is 36.6. The molecule has 7 nitrogen and oxygen atoms in total. The number of sulfonamides is 1. The van der Waals surface area contributed by atoms with Gasteiger partial charge in [-0.05, 0) is 67.9 Å². The zero-order valence-corrected chi connectivity index (χ0v) is 20.5. The highest BCUT2D eigenvalue weighted by atomic mass is 79.9. The number of hydrogen-bond acceptors (Lipinski definition) is 6. The standard InChI is InChI=1S/C24H23BrN2O5S/c1-3-14-31-21-9-6-18(7-10-21)24(28)32-23-13-8-20(25)15-19(23)16-26-27-33(29,30)22-11-4-17(2)5-12-22/h4-13,15-16,27H,3,14H2,1-2H3. The molecule has 0 bridgehead atoms. The molecule has 9 heteroatoms. The van der Waals surface area contributed by atoms with Gasteiger partial charge in [-0.25, -0.2) is 9.63 Å². The number of halogens is 1. The maximum atomic E-state index is 12.6. The van der Waals surface area contributed by atoms with Crippen molar-refractivity contribution in [1.29, 1.82) is 0 Å². The Morgan fingerprint density at radius 3 is 2.42 bits per heavy atom. The largest absolute Gasteiger partial charge is 0.494 e. The van der Waals surface area contributed by atoms with Crippen LogP contribution in [0.4, 0.5) is 0 Å². The second-order valence-corrected chi connectivity index (χ2v) is 9.69. The molecular formula is C24H23BrN2O5S. The maximum Gasteiger partial charge on any atom is 0.343 e. The number of carbonyl (C=O) groups is 1. The molecule has 0 saturated heterocycles. The number of ether oxygens (including phenoxy) is 2. The Morgan fingerprint density at radius 2 is 1.76 bits per heavy atom. The molecule has 3 aromatic carbocycles. The second kappa shape index (κ2) is 11.1. The Hall–Kier alpha value is -3.17. The number of nitrogens with one attached hydrogen (secondary N) is 1. The lowest BCUT2D eigenvalue weighted by atomic mass is 10.2. The van der Waals surface area contributed by atoms with Crippen LogP contribution in [0.25, 0.3) is 0 Å². The van der Waals surface area contributed by atoms with E-state index in [1.54, 1.807) is 54.6 Å². The van der Waals surface area contributed by atoms with Gasteiger partial charge in [0, 0.05) is 10.0 Å². The number of esters is 1. The molecule has 0 amide bonds. The number of aryl methyl sites for hydroxylation is 1. The van der Waals surface area contributed by atoms with Crippen LogP contribution in [-0.2, 0) is 10.0 Å². The van der Waals surface area contributed by atoms with Crippen LogP contribution in [0, 0.1) is 6.92 Å². The fraction of sp³-hybridized carbons (Fsp3) is 0.167. The van der Waals surface area contributed by atoms with Crippen molar-refractivity contribution in [3.8, 4) is 11.5 Å². The number of benzene rings is 3. The highest BCUT2D eigenvalue weighted by Gasteiger charge is 2.14. The third-order valence-electron chi connectivity index (χ3n) is 4.45. The zero-order valence-electron chi connectivity index (χ0n) is 18.1. The molecule has 0 aromatic heterocycles. The van der Waals surface area contributed by atoms with Gasteiger partial charge in [0.25, 0.3) is 10.0 Å². The zero-order chi connectivity index (χ0) is 23.8.